The molecule has 1 fully saturated rings. The number of tetrazole rings is 1. The summed E-state index contributed by atoms with van der Waals surface area (Å²) in [5, 5.41) is 10.9. The highest BCUT2D eigenvalue weighted by Gasteiger charge is 2.34. The van der Waals surface area contributed by atoms with Crippen molar-refractivity contribution in [3.05, 3.63) is 66.0 Å². The van der Waals surface area contributed by atoms with Crippen LogP contribution in [-0.4, -0.2) is 69.9 Å². The fourth-order valence-corrected chi connectivity index (χ4v) is 4.83. The highest BCUT2D eigenvalue weighted by molar-refractivity contribution is 7.89. The Balaban J connectivity index is 1.46. The van der Waals surface area contributed by atoms with Gasteiger partial charge in [0.05, 0.1) is 16.1 Å². The Bertz CT molecular complexity index is 1220. The van der Waals surface area contributed by atoms with Gasteiger partial charge in [0.25, 0.3) is 5.91 Å². The highest BCUT2D eigenvalue weighted by Crippen LogP contribution is 2.31. The van der Waals surface area contributed by atoms with Gasteiger partial charge in [-0.15, -0.1) is 5.10 Å². The van der Waals surface area contributed by atoms with E-state index in [1.165, 1.54) is 15.9 Å². The average molecular weight is 466 g/mol. The molecule has 1 aromatic heterocycles. The van der Waals surface area contributed by atoms with Gasteiger partial charge in [0, 0.05) is 31.7 Å². The van der Waals surface area contributed by atoms with Gasteiger partial charge in [0.15, 0.2) is 0 Å². The van der Waals surface area contributed by atoms with E-state index in [9.17, 15) is 26.4 Å². The Labute approximate surface area is 181 Å². The number of hydrogen-bond donors (Lipinski definition) is 0. The number of rotatable bonds is 4. The first-order valence-electron chi connectivity index (χ1n) is 9.46. The molecule has 1 saturated heterocycles. The number of sulfonamides is 1. The number of piperazine rings is 1. The van der Waals surface area contributed by atoms with E-state index in [4.69, 9.17) is 0 Å². The normalized spacial score (nSPS) is 15.7. The summed E-state index contributed by atoms with van der Waals surface area (Å²) in [4.78, 5) is 13.9. The third-order valence-corrected chi connectivity index (χ3v) is 6.93. The fourth-order valence-electron chi connectivity index (χ4n) is 3.36. The second kappa shape index (κ2) is 8.31. The van der Waals surface area contributed by atoms with Crippen molar-refractivity contribution in [2.45, 2.75) is 11.1 Å². The first-order chi connectivity index (χ1) is 15.2. The van der Waals surface area contributed by atoms with Gasteiger partial charge in [-0.05, 0) is 46.8 Å². The van der Waals surface area contributed by atoms with E-state index in [2.05, 4.69) is 15.5 Å². The Hall–Kier alpha value is -3.32. The second-order valence-electron chi connectivity index (χ2n) is 7.03. The molecule has 0 unspecified atom stereocenters. The number of halogens is 3. The lowest BCUT2D eigenvalue weighted by Gasteiger charge is -2.34. The molecule has 1 amide bonds. The van der Waals surface area contributed by atoms with Gasteiger partial charge in [0.1, 0.15) is 6.33 Å². The van der Waals surface area contributed by atoms with Crippen molar-refractivity contribution in [1.82, 2.24) is 29.4 Å². The van der Waals surface area contributed by atoms with E-state index in [0.29, 0.717) is 17.3 Å². The molecule has 3 aromatic rings. The van der Waals surface area contributed by atoms with Gasteiger partial charge in [-0.1, -0.05) is 12.1 Å². The van der Waals surface area contributed by atoms with Crippen LogP contribution in [0.1, 0.15) is 15.9 Å². The molecule has 0 saturated carbocycles. The standard InChI is InChI=1S/C19H17F3N6O3S/c20-19(21,22)15-4-2-6-17(12-15)32(30,31)27-9-7-26(8-10-27)18(29)14-3-1-5-16(11-14)28-13-23-24-25-28/h1-6,11-13H,7-10H2. The van der Waals surface area contributed by atoms with Gasteiger partial charge in [-0.25, -0.2) is 13.1 Å². The highest BCUT2D eigenvalue weighted by atomic mass is 32.2. The number of amides is 1. The number of alkyl halides is 3. The first kappa shape index (κ1) is 21.9. The maximum atomic E-state index is 13.0. The van der Waals surface area contributed by atoms with Crippen LogP contribution in [-0.2, 0) is 16.2 Å². The van der Waals surface area contributed by atoms with Gasteiger partial charge in [-0.3, -0.25) is 4.79 Å². The topological polar surface area (TPSA) is 101 Å². The van der Waals surface area contributed by atoms with Crippen molar-refractivity contribution in [3.8, 4) is 5.69 Å². The molecule has 9 nitrogen and oxygen atoms in total. The summed E-state index contributed by atoms with van der Waals surface area (Å²) in [6, 6.07) is 10.3. The number of aromatic nitrogens is 4. The number of hydrogen-bond acceptors (Lipinski definition) is 6. The van der Waals surface area contributed by atoms with E-state index < -0.39 is 26.7 Å². The van der Waals surface area contributed by atoms with Crippen molar-refractivity contribution in [1.29, 1.82) is 0 Å². The minimum Gasteiger partial charge on any atom is -0.336 e. The molecule has 1 aliphatic heterocycles. The molecule has 2 aromatic carbocycles. The third-order valence-electron chi connectivity index (χ3n) is 5.03. The van der Waals surface area contributed by atoms with E-state index in [1.54, 1.807) is 24.3 Å². The quantitative estimate of drug-likeness (QED) is 0.582. The smallest absolute Gasteiger partial charge is 0.336 e. The number of carbonyl (C=O) groups excluding carboxylic acids is 1. The van der Waals surface area contributed by atoms with Crippen LogP contribution in [0.25, 0.3) is 5.69 Å². The molecule has 168 valence electrons. The molecule has 1 aliphatic rings. The second-order valence-corrected chi connectivity index (χ2v) is 8.96. The molecule has 0 aliphatic carbocycles. The lowest BCUT2D eigenvalue weighted by Crippen LogP contribution is -2.50. The van der Waals surface area contributed by atoms with E-state index in [1.807, 2.05) is 0 Å². The summed E-state index contributed by atoms with van der Waals surface area (Å²) in [7, 11) is -4.13. The maximum Gasteiger partial charge on any atom is 0.416 e. The Morgan fingerprint density at radius 3 is 2.34 bits per heavy atom. The summed E-state index contributed by atoms with van der Waals surface area (Å²) in [6.07, 6.45) is -3.26. The van der Waals surface area contributed by atoms with Crippen molar-refractivity contribution in [3.63, 3.8) is 0 Å². The van der Waals surface area contributed by atoms with Crippen LogP contribution in [0.2, 0.25) is 0 Å². The van der Waals surface area contributed by atoms with Crippen LogP contribution in [0.4, 0.5) is 13.2 Å². The first-order valence-corrected chi connectivity index (χ1v) is 10.9. The zero-order valence-electron chi connectivity index (χ0n) is 16.5. The SMILES string of the molecule is O=C(c1cccc(-n2cnnn2)c1)N1CCN(S(=O)(=O)c2cccc(C(F)(F)F)c2)CC1. The van der Waals surface area contributed by atoms with Crippen LogP contribution >= 0.6 is 0 Å². The summed E-state index contributed by atoms with van der Waals surface area (Å²) >= 11 is 0. The number of benzene rings is 2. The molecule has 13 heteroatoms. The van der Waals surface area contributed by atoms with Gasteiger partial charge < -0.3 is 4.90 Å². The zero-order chi connectivity index (χ0) is 22.9. The van der Waals surface area contributed by atoms with Gasteiger partial charge >= 0.3 is 6.18 Å². The largest absolute Gasteiger partial charge is 0.416 e. The van der Waals surface area contributed by atoms with Crippen LogP contribution in [0.5, 0.6) is 0 Å². The van der Waals surface area contributed by atoms with Gasteiger partial charge in [-0.2, -0.15) is 17.5 Å². The van der Waals surface area contributed by atoms with Crippen LogP contribution in [0.3, 0.4) is 0 Å². The molecule has 2 heterocycles. The Morgan fingerprint density at radius 1 is 0.969 bits per heavy atom. The third kappa shape index (κ3) is 4.34. The number of carbonyl (C=O) groups is 1. The molecule has 0 atom stereocenters. The molecule has 0 N–H and O–H groups in total. The molecule has 0 radical (unpaired) electrons. The Kier molecular flexibility index (Phi) is 5.69. The Morgan fingerprint density at radius 2 is 1.69 bits per heavy atom. The molecule has 4 rings (SSSR count). The van der Waals surface area contributed by atoms with Crippen LogP contribution in [0.15, 0.2) is 59.8 Å². The predicted molar refractivity (Wildman–Crippen MR) is 105 cm³/mol. The molecule has 32 heavy (non-hydrogen) atoms. The molecule has 0 bridgehead atoms. The van der Waals surface area contributed by atoms with E-state index in [-0.39, 0.29) is 32.1 Å². The van der Waals surface area contributed by atoms with Crippen molar-refractivity contribution in [2.75, 3.05) is 26.2 Å². The molecular weight excluding hydrogens is 449 g/mol. The number of nitrogens with zero attached hydrogens (tertiary/aromatic N) is 6. The molecule has 0 spiro atoms. The summed E-state index contributed by atoms with van der Waals surface area (Å²) < 4.78 is 67.0. The van der Waals surface area contributed by atoms with Crippen LogP contribution in [0, 0.1) is 0 Å². The average Bonchev–Trinajstić information content (AvgIpc) is 3.33. The van der Waals surface area contributed by atoms with E-state index >= 15 is 0 Å². The van der Waals surface area contributed by atoms with Crippen LogP contribution < -0.4 is 0 Å². The fraction of sp³-hybridized carbons (Fsp3) is 0.263. The predicted octanol–water partition coefficient (Wildman–Crippen LogP) is 1.83. The zero-order valence-corrected chi connectivity index (χ0v) is 17.3. The summed E-state index contributed by atoms with van der Waals surface area (Å²) in [5.41, 5.74) is -0.0614. The minimum atomic E-state index is -4.65. The van der Waals surface area contributed by atoms with Crippen molar-refractivity contribution >= 4 is 15.9 Å². The summed E-state index contributed by atoms with van der Waals surface area (Å²) in [6.45, 7) is 0.145. The van der Waals surface area contributed by atoms with Crippen molar-refractivity contribution in [2.24, 2.45) is 0 Å². The minimum absolute atomic E-state index is 0.0307. The lowest BCUT2D eigenvalue weighted by molar-refractivity contribution is -0.137. The maximum absolute atomic E-state index is 13.0. The summed E-state index contributed by atoms with van der Waals surface area (Å²) in [5.74, 6) is -0.295. The monoisotopic (exact) mass is 466 g/mol. The van der Waals surface area contributed by atoms with Crippen molar-refractivity contribution < 1.29 is 26.4 Å². The van der Waals surface area contributed by atoms with Gasteiger partial charge in [0.2, 0.25) is 10.0 Å². The lowest BCUT2D eigenvalue weighted by atomic mass is 10.1. The van der Waals surface area contributed by atoms with E-state index in [0.717, 1.165) is 22.5 Å². The molecular formula is C19H17F3N6O3S.